The van der Waals surface area contributed by atoms with E-state index in [4.69, 9.17) is 4.74 Å². The second-order valence-corrected chi connectivity index (χ2v) is 6.97. The molecule has 0 spiro atoms. The van der Waals surface area contributed by atoms with Gasteiger partial charge in [-0.05, 0) is 31.1 Å². The number of carbonyl (C=O) groups is 1. The molecule has 6 nitrogen and oxygen atoms in total. The smallest absolute Gasteiger partial charge is 0.310 e. The van der Waals surface area contributed by atoms with Gasteiger partial charge in [0.2, 0.25) is 0 Å². The predicted octanol–water partition coefficient (Wildman–Crippen LogP) is 2.18. The van der Waals surface area contributed by atoms with Crippen LogP contribution in [0.1, 0.15) is 18.1 Å². The fraction of sp³-hybridized carbons (Fsp3) is 0.579. The molecule has 0 radical (unpaired) electrons. The lowest BCUT2D eigenvalue weighted by Gasteiger charge is -2.21. The second-order valence-electron chi connectivity index (χ2n) is 6.97. The van der Waals surface area contributed by atoms with Gasteiger partial charge in [0.15, 0.2) is 5.96 Å². The number of rotatable bonds is 5. The quantitative estimate of drug-likeness (QED) is 0.307. The van der Waals surface area contributed by atoms with Crippen LogP contribution in [-0.2, 0) is 22.6 Å². The van der Waals surface area contributed by atoms with Gasteiger partial charge < -0.3 is 19.9 Å². The van der Waals surface area contributed by atoms with Crippen molar-refractivity contribution in [3.8, 4) is 0 Å². The van der Waals surface area contributed by atoms with Crippen LogP contribution in [0.25, 0.3) is 0 Å². The Morgan fingerprint density at radius 1 is 1.27 bits per heavy atom. The summed E-state index contributed by atoms with van der Waals surface area (Å²) in [6, 6.07) is 8.60. The van der Waals surface area contributed by atoms with Gasteiger partial charge in [0.25, 0.3) is 0 Å². The number of carbonyl (C=O) groups excluding carboxylic acids is 1. The number of hydrogen-bond donors (Lipinski definition) is 1. The number of esters is 1. The zero-order valence-corrected chi connectivity index (χ0v) is 18.7. The van der Waals surface area contributed by atoms with Crippen LogP contribution in [0.2, 0.25) is 0 Å². The maximum atomic E-state index is 11.9. The molecule has 1 aliphatic rings. The highest BCUT2D eigenvalue weighted by Gasteiger charge is 2.36. The lowest BCUT2D eigenvalue weighted by Crippen LogP contribution is -2.40. The molecule has 2 atom stereocenters. The lowest BCUT2D eigenvalue weighted by molar-refractivity contribution is -0.145. The van der Waals surface area contributed by atoms with E-state index in [9.17, 15) is 4.79 Å². The van der Waals surface area contributed by atoms with Gasteiger partial charge in [-0.1, -0.05) is 31.2 Å². The van der Waals surface area contributed by atoms with E-state index in [1.54, 1.807) is 7.05 Å². The molecule has 1 aromatic rings. The number of hydrogen-bond acceptors (Lipinski definition) is 4. The monoisotopic (exact) mass is 474 g/mol. The van der Waals surface area contributed by atoms with Crippen molar-refractivity contribution in [1.29, 1.82) is 0 Å². The SMILES string of the molecule is CN=C(NCc1ccc(CN(C)C)cc1)N1CC(C)C(C(=O)OC)C1.I. The van der Waals surface area contributed by atoms with Crippen LogP contribution in [0.4, 0.5) is 0 Å². The van der Waals surface area contributed by atoms with Gasteiger partial charge in [-0.2, -0.15) is 0 Å². The third kappa shape index (κ3) is 6.12. The largest absolute Gasteiger partial charge is 0.469 e. The third-order valence-corrected chi connectivity index (χ3v) is 4.60. The van der Waals surface area contributed by atoms with Crippen LogP contribution in [0.5, 0.6) is 0 Å². The molecule has 0 saturated carbocycles. The number of ether oxygens (including phenoxy) is 1. The fourth-order valence-corrected chi connectivity index (χ4v) is 3.24. The van der Waals surface area contributed by atoms with Crippen molar-refractivity contribution in [3.63, 3.8) is 0 Å². The first-order valence-electron chi connectivity index (χ1n) is 8.70. The second kappa shape index (κ2) is 10.7. The summed E-state index contributed by atoms with van der Waals surface area (Å²) in [5.41, 5.74) is 2.51. The van der Waals surface area contributed by atoms with Gasteiger partial charge >= 0.3 is 5.97 Å². The molecule has 0 amide bonds. The summed E-state index contributed by atoms with van der Waals surface area (Å²) in [6.07, 6.45) is 0. The zero-order valence-electron chi connectivity index (χ0n) is 16.4. The molecular formula is C19H31IN4O2. The van der Waals surface area contributed by atoms with Gasteiger partial charge in [0, 0.05) is 33.2 Å². The molecule has 0 aromatic heterocycles. The molecule has 0 aliphatic carbocycles. The number of aliphatic imine (C=N–C) groups is 1. The minimum Gasteiger partial charge on any atom is -0.469 e. The summed E-state index contributed by atoms with van der Waals surface area (Å²) in [4.78, 5) is 20.5. The number of benzene rings is 1. The first-order chi connectivity index (χ1) is 11.9. The maximum absolute atomic E-state index is 11.9. The van der Waals surface area contributed by atoms with E-state index < -0.39 is 0 Å². The summed E-state index contributed by atoms with van der Waals surface area (Å²) in [7, 11) is 7.36. The average Bonchev–Trinajstić information content (AvgIpc) is 2.97. The molecular weight excluding hydrogens is 443 g/mol. The van der Waals surface area contributed by atoms with Crippen LogP contribution >= 0.6 is 24.0 Å². The highest BCUT2D eigenvalue weighted by Crippen LogP contribution is 2.24. The van der Waals surface area contributed by atoms with Crippen LogP contribution in [0.3, 0.4) is 0 Å². The van der Waals surface area contributed by atoms with Gasteiger partial charge in [-0.15, -0.1) is 24.0 Å². The summed E-state index contributed by atoms with van der Waals surface area (Å²) < 4.78 is 4.90. The Morgan fingerprint density at radius 2 is 1.88 bits per heavy atom. The predicted molar refractivity (Wildman–Crippen MR) is 116 cm³/mol. The molecule has 7 heteroatoms. The zero-order chi connectivity index (χ0) is 18.4. The average molecular weight is 474 g/mol. The van der Waals surface area contributed by atoms with Crippen molar-refractivity contribution in [3.05, 3.63) is 35.4 Å². The Bertz CT molecular complexity index is 604. The normalized spacial score (nSPS) is 20.1. The first kappa shape index (κ1) is 22.7. The Hall–Kier alpha value is -1.35. The van der Waals surface area contributed by atoms with E-state index in [2.05, 4.69) is 65.4 Å². The summed E-state index contributed by atoms with van der Waals surface area (Å²) in [6.45, 7) is 5.19. The fourth-order valence-electron chi connectivity index (χ4n) is 3.24. The molecule has 146 valence electrons. The number of likely N-dealkylation sites (tertiary alicyclic amines) is 1. The van der Waals surface area contributed by atoms with Gasteiger partial charge in [-0.3, -0.25) is 9.79 Å². The molecule has 2 rings (SSSR count). The number of methoxy groups -OCH3 is 1. The highest BCUT2D eigenvalue weighted by atomic mass is 127. The van der Waals surface area contributed by atoms with Crippen LogP contribution < -0.4 is 5.32 Å². The Balaban J connectivity index is 0.00000338. The third-order valence-electron chi connectivity index (χ3n) is 4.60. The number of halogens is 1. The lowest BCUT2D eigenvalue weighted by atomic mass is 9.99. The topological polar surface area (TPSA) is 57.2 Å². The summed E-state index contributed by atoms with van der Waals surface area (Å²) in [5, 5.41) is 3.40. The molecule has 26 heavy (non-hydrogen) atoms. The minimum absolute atomic E-state index is 0. The molecule has 1 aromatic carbocycles. The minimum atomic E-state index is -0.137. The van der Waals surface area contributed by atoms with Crippen LogP contribution in [0, 0.1) is 11.8 Å². The number of guanidine groups is 1. The van der Waals surface area contributed by atoms with Crippen molar-refractivity contribution in [2.75, 3.05) is 41.3 Å². The van der Waals surface area contributed by atoms with Crippen molar-refractivity contribution < 1.29 is 9.53 Å². The van der Waals surface area contributed by atoms with E-state index in [0.717, 1.165) is 19.0 Å². The van der Waals surface area contributed by atoms with E-state index in [-0.39, 0.29) is 41.8 Å². The van der Waals surface area contributed by atoms with E-state index in [1.807, 2.05) is 0 Å². The standard InChI is InChI=1S/C19H30N4O2.HI/c1-14-11-23(13-17(14)18(24)25-5)19(20-2)21-10-15-6-8-16(9-7-15)12-22(3)4;/h6-9,14,17H,10-13H2,1-5H3,(H,20,21);1H. The van der Waals surface area contributed by atoms with Crippen LogP contribution in [-0.4, -0.2) is 63.1 Å². The molecule has 0 bridgehead atoms. The number of nitrogens with zero attached hydrogens (tertiary/aromatic N) is 3. The Kier molecular flexibility index (Phi) is 9.35. The molecule has 1 aliphatic heterocycles. The highest BCUT2D eigenvalue weighted by molar-refractivity contribution is 14.0. The Morgan fingerprint density at radius 3 is 2.42 bits per heavy atom. The van der Waals surface area contributed by atoms with Gasteiger partial charge in [-0.25, -0.2) is 0 Å². The van der Waals surface area contributed by atoms with Gasteiger partial charge in [0.1, 0.15) is 0 Å². The van der Waals surface area contributed by atoms with Gasteiger partial charge in [0.05, 0.1) is 13.0 Å². The maximum Gasteiger partial charge on any atom is 0.310 e. The number of nitrogens with one attached hydrogen (secondary N) is 1. The molecule has 1 N–H and O–H groups in total. The van der Waals surface area contributed by atoms with Crippen LogP contribution in [0.15, 0.2) is 29.3 Å². The van der Waals surface area contributed by atoms with E-state index >= 15 is 0 Å². The van der Waals surface area contributed by atoms with Crippen molar-refractivity contribution >= 4 is 35.9 Å². The summed E-state index contributed by atoms with van der Waals surface area (Å²) >= 11 is 0. The first-order valence-corrected chi connectivity index (χ1v) is 8.70. The molecule has 1 saturated heterocycles. The van der Waals surface area contributed by atoms with E-state index in [1.165, 1.54) is 18.2 Å². The van der Waals surface area contributed by atoms with E-state index in [0.29, 0.717) is 13.1 Å². The summed E-state index contributed by atoms with van der Waals surface area (Å²) in [5.74, 6) is 0.864. The van der Waals surface area contributed by atoms with Crippen molar-refractivity contribution in [2.24, 2.45) is 16.8 Å². The molecule has 1 heterocycles. The Labute approximate surface area is 174 Å². The molecule has 2 unspecified atom stereocenters. The van der Waals surface area contributed by atoms with Crippen molar-refractivity contribution in [2.45, 2.75) is 20.0 Å². The molecule has 1 fully saturated rings. The van der Waals surface area contributed by atoms with Crippen molar-refractivity contribution in [1.82, 2.24) is 15.1 Å².